The minimum absolute atomic E-state index is 0.108. The molecule has 0 radical (unpaired) electrons. The number of nitrogens with zero attached hydrogens (tertiary/aromatic N) is 1. The molecule has 0 bridgehead atoms. The summed E-state index contributed by atoms with van der Waals surface area (Å²) >= 11 is 0. The Morgan fingerprint density at radius 1 is 1.20 bits per heavy atom. The van der Waals surface area contributed by atoms with Crippen molar-refractivity contribution in [2.75, 3.05) is 13.1 Å². The van der Waals surface area contributed by atoms with E-state index in [2.05, 4.69) is 20.4 Å². The summed E-state index contributed by atoms with van der Waals surface area (Å²) < 4.78 is 0. The molecule has 0 aromatic heterocycles. The van der Waals surface area contributed by atoms with Crippen LogP contribution in [0, 0.1) is 0 Å². The zero-order chi connectivity index (χ0) is 11.5. The van der Waals surface area contributed by atoms with Crippen molar-refractivity contribution in [1.29, 1.82) is 0 Å². The minimum atomic E-state index is 0.108. The van der Waals surface area contributed by atoms with Gasteiger partial charge in [-0.15, -0.1) is 0 Å². The van der Waals surface area contributed by atoms with E-state index in [1.807, 2.05) is 4.90 Å². The molecule has 86 valence electrons. The molecule has 2 heteroatoms. The number of amides is 1. The van der Waals surface area contributed by atoms with Crippen LogP contribution in [0.4, 0.5) is 0 Å². The number of hydrogen-bond donors (Lipinski definition) is 0. The van der Waals surface area contributed by atoms with E-state index in [9.17, 15) is 4.79 Å². The van der Waals surface area contributed by atoms with Crippen LogP contribution in [-0.2, 0) is 4.79 Å². The molecule has 0 fully saturated rings. The van der Waals surface area contributed by atoms with Crippen molar-refractivity contribution in [3.05, 3.63) is 24.8 Å². The van der Waals surface area contributed by atoms with Crippen LogP contribution in [0.5, 0.6) is 0 Å². The zero-order valence-electron chi connectivity index (χ0n) is 10.0. The second kappa shape index (κ2) is 9.50. The van der Waals surface area contributed by atoms with Crippen LogP contribution >= 0.6 is 0 Å². The molecule has 0 aromatic rings. The smallest absolute Gasteiger partial charge is 0.246 e. The largest absolute Gasteiger partial charge is 0.339 e. The molecule has 2 nitrogen and oxygen atoms in total. The Balaban J connectivity index is 4.12. The van der Waals surface area contributed by atoms with E-state index in [1.54, 1.807) is 18.2 Å². The Bertz CT molecular complexity index is 201. The number of allylic oxidation sites excluding steroid dienone is 2. The third kappa shape index (κ3) is 6.95. The highest BCUT2D eigenvalue weighted by molar-refractivity contribution is 5.87. The Hall–Kier alpha value is -1.05. The zero-order valence-corrected chi connectivity index (χ0v) is 10.0. The number of carbonyl (C=O) groups is 1. The number of rotatable bonds is 8. The molecular formula is C13H23NO. The van der Waals surface area contributed by atoms with Gasteiger partial charge in [-0.25, -0.2) is 0 Å². The van der Waals surface area contributed by atoms with Crippen LogP contribution in [0.1, 0.15) is 39.5 Å². The Morgan fingerprint density at radius 2 is 1.73 bits per heavy atom. The predicted molar refractivity (Wildman–Crippen MR) is 65.7 cm³/mol. The maximum absolute atomic E-state index is 11.7. The van der Waals surface area contributed by atoms with E-state index in [1.165, 1.54) is 0 Å². The fourth-order valence-corrected chi connectivity index (χ4v) is 1.29. The van der Waals surface area contributed by atoms with Crippen molar-refractivity contribution in [3.8, 4) is 0 Å². The van der Waals surface area contributed by atoms with Crippen molar-refractivity contribution in [2.45, 2.75) is 39.5 Å². The summed E-state index contributed by atoms with van der Waals surface area (Å²) in [6.45, 7) is 9.58. The minimum Gasteiger partial charge on any atom is -0.339 e. The van der Waals surface area contributed by atoms with Crippen molar-refractivity contribution < 1.29 is 4.79 Å². The molecule has 1 amide bonds. The number of carbonyl (C=O) groups excluding carboxylic acids is 1. The van der Waals surface area contributed by atoms with Gasteiger partial charge < -0.3 is 4.90 Å². The molecule has 0 aliphatic rings. The summed E-state index contributed by atoms with van der Waals surface area (Å²) in [6.07, 6.45) is 9.35. The van der Waals surface area contributed by atoms with Gasteiger partial charge >= 0.3 is 0 Å². The first-order chi connectivity index (χ1) is 7.26. The van der Waals surface area contributed by atoms with Crippen LogP contribution in [-0.4, -0.2) is 23.9 Å². The lowest BCUT2D eigenvalue weighted by Crippen LogP contribution is -2.31. The van der Waals surface area contributed by atoms with Crippen molar-refractivity contribution in [3.63, 3.8) is 0 Å². The van der Waals surface area contributed by atoms with Gasteiger partial charge in [-0.05, 0) is 12.8 Å². The quantitative estimate of drug-likeness (QED) is 0.444. The lowest BCUT2D eigenvalue weighted by molar-refractivity contribution is -0.126. The second-order valence-corrected chi connectivity index (χ2v) is 3.63. The summed E-state index contributed by atoms with van der Waals surface area (Å²) in [7, 11) is 0. The van der Waals surface area contributed by atoms with Crippen LogP contribution in [0.2, 0.25) is 0 Å². The molecule has 0 saturated carbocycles. The van der Waals surface area contributed by atoms with Gasteiger partial charge in [0.2, 0.25) is 5.91 Å². The van der Waals surface area contributed by atoms with E-state index < -0.39 is 0 Å². The van der Waals surface area contributed by atoms with Crippen LogP contribution in [0.3, 0.4) is 0 Å². The first-order valence-electron chi connectivity index (χ1n) is 5.84. The van der Waals surface area contributed by atoms with Crippen molar-refractivity contribution in [2.24, 2.45) is 0 Å². The molecule has 0 saturated heterocycles. The average molecular weight is 209 g/mol. The summed E-state index contributed by atoms with van der Waals surface area (Å²) in [5.74, 6) is 0.108. The van der Waals surface area contributed by atoms with Gasteiger partial charge in [0.25, 0.3) is 0 Å². The lowest BCUT2D eigenvalue weighted by atomic mass is 10.2. The SMILES string of the molecule is C=C/C=C/C(=O)N(CCCC)CCCC. The molecule has 15 heavy (non-hydrogen) atoms. The maximum Gasteiger partial charge on any atom is 0.246 e. The third-order valence-electron chi connectivity index (χ3n) is 2.25. The van der Waals surface area contributed by atoms with Crippen molar-refractivity contribution in [1.82, 2.24) is 4.90 Å². The fraction of sp³-hybridized carbons (Fsp3) is 0.615. The van der Waals surface area contributed by atoms with Crippen LogP contribution < -0.4 is 0 Å². The van der Waals surface area contributed by atoms with Gasteiger partial charge in [0.05, 0.1) is 0 Å². The van der Waals surface area contributed by atoms with E-state index in [-0.39, 0.29) is 5.91 Å². The van der Waals surface area contributed by atoms with E-state index in [0.717, 1.165) is 38.8 Å². The van der Waals surface area contributed by atoms with Gasteiger partial charge in [-0.2, -0.15) is 0 Å². The maximum atomic E-state index is 11.7. The standard InChI is InChI=1S/C13H23NO/c1-4-7-10-13(15)14(11-8-5-2)12-9-6-3/h4,7,10H,1,5-6,8-9,11-12H2,2-3H3/b10-7+. The highest BCUT2D eigenvalue weighted by Gasteiger charge is 2.08. The molecule has 0 atom stereocenters. The Labute approximate surface area is 93.7 Å². The summed E-state index contributed by atoms with van der Waals surface area (Å²) in [5, 5.41) is 0. The first-order valence-corrected chi connectivity index (χ1v) is 5.84. The van der Waals surface area contributed by atoms with E-state index in [0.29, 0.717) is 0 Å². The molecule has 0 rings (SSSR count). The number of hydrogen-bond acceptors (Lipinski definition) is 1. The Kier molecular flexibility index (Phi) is 8.84. The Morgan fingerprint density at radius 3 is 2.13 bits per heavy atom. The molecular weight excluding hydrogens is 186 g/mol. The molecule has 0 spiro atoms. The highest BCUT2D eigenvalue weighted by Crippen LogP contribution is 2.00. The number of unbranched alkanes of at least 4 members (excludes halogenated alkanes) is 2. The molecule has 0 unspecified atom stereocenters. The van der Waals surface area contributed by atoms with Gasteiger partial charge in [0.1, 0.15) is 0 Å². The summed E-state index contributed by atoms with van der Waals surface area (Å²) in [6, 6.07) is 0. The topological polar surface area (TPSA) is 20.3 Å². The third-order valence-corrected chi connectivity index (χ3v) is 2.25. The molecule has 0 heterocycles. The summed E-state index contributed by atoms with van der Waals surface area (Å²) in [5.41, 5.74) is 0. The first kappa shape index (κ1) is 13.9. The van der Waals surface area contributed by atoms with Gasteiger partial charge in [-0.3, -0.25) is 4.79 Å². The molecule has 0 aliphatic heterocycles. The monoisotopic (exact) mass is 209 g/mol. The summed E-state index contributed by atoms with van der Waals surface area (Å²) in [4.78, 5) is 13.6. The van der Waals surface area contributed by atoms with Gasteiger partial charge in [-0.1, -0.05) is 45.4 Å². The van der Waals surface area contributed by atoms with Crippen LogP contribution in [0.15, 0.2) is 24.8 Å². The average Bonchev–Trinajstić information content (AvgIpc) is 2.26. The van der Waals surface area contributed by atoms with Gasteiger partial charge in [0, 0.05) is 19.2 Å². The highest BCUT2D eigenvalue weighted by atomic mass is 16.2. The van der Waals surface area contributed by atoms with E-state index in [4.69, 9.17) is 0 Å². The lowest BCUT2D eigenvalue weighted by Gasteiger charge is -2.20. The molecule has 0 aromatic carbocycles. The second-order valence-electron chi connectivity index (χ2n) is 3.63. The van der Waals surface area contributed by atoms with Crippen molar-refractivity contribution >= 4 is 5.91 Å². The fourth-order valence-electron chi connectivity index (χ4n) is 1.29. The molecule has 0 aliphatic carbocycles. The normalized spacial score (nSPS) is 10.5. The van der Waals surface area contributed by atoms with Gasteiger partial charge in [0.15, 0.2) is 0 Å². The molecule has 0 N–H and O–H groups in total. The van der Waals surface area contributed by atoms with Crippen LogP contribution in [0.25, 0.3) is 0 Å². The predicted octanol–water partition coefficient (Wildman–Crippen LogP) is 3.16. The van der Waals surface area contributed by atoms with E-state index >= 15 is 0 Å².